The summed E-state index contributed by atoms with van der Waals surface area (Å²) >= 11 is 0.934. The van der Waals surface area contributed by atoms with Gasteiger partial charge in [0.15, 0.2) is 11.4 Å². The van der Waals surface area contributed by atoms with Crippen molar-refractivity contribution in [3.8, 4) is 16.9 Å². The fraction of sp³-hybridized carbons (Fsp3) is 0.250. The molecule has 176 valence electrons. The number of ketones is 1. The highest BCUT2D eigenvalue weighted by atomic mass is 32.2. The summed E-state index contributed by atoms with van der Waals surface area (Å²) in [6.07, 6.45) is 1.32. The Morgan fingerprint density at radius 2 is 1.59 bits per heavy atom. The Morgan fingerprint density at radius 3 is 2.21 bits per heavy atom. The van der Waals surface area contributed by atoms with Crippen LogP contribution in [0.5, 0.6) is 5.75 Å². The minimum absolute atomic E-state index is 0.0524. The minimum Gasteiger partial charge on any atom is -0.494 e. The third-order valence-corrected chi connectivity index (χ3v) is 6.19. The quantitative estimate of drug-likeness (QED) is 0.262. The van der Waals surface area contributed by atoms with Crippen LogP contribution in [-0.2, 0) is 16.0 Å². The van der Waals surface area contributed by atoms with Crippen LogP contribution in [0.15, 0.2) is 78.9 Å². The molecule has 3 aromatic carbocycles. The highest BCUT2D eigenvalue weighted by Crippen LogP contribution is 2.21. The lowest BCUT2D eigenvalue weighted by molar-refractivity contribution is -0.128. The van der Waals surface area contributed by atoms with Crippen LogP contribution in [0.3, 0.4) is 0 Å². The van der Waals surface area contributed by atoms with Gasteiger partial charge in [0.1, 0.15) is 5.75 Å². The number of thioether (sulfide) groups is 1. The van der Waals surface area contributed by atoms with E-state index >= 15 is 0 Å². The van der Waals surface area contributed by atoms with Crippen LogP contribution in [0.25, 0.3) is 11.1 Å². The van der Waals surface area contributed by atoms with Crippen LogP contribution in [0.1, 0.15) is 29.3 Å². The maximum atomic E-state index is 13.0. The van der Waals surface area contributed by atoms with Gasteiger partial charge in [0.05, 0.1) is 18.4 Å². The number of Topliss-reactive ketones (excluding diaryl/α,β-unsaturated/α-hetero) is 1. The Hall–Kier alpha value is -3.38. The largest absolute Gasteiger partial charge is 0.494 e. The van der Waals surface area contributed by atoms with E-state index in [2.05, 4.69) is 0 Å². The van der Waals surface area contributed by atoms with Crippen LogP contribution < -0.4 is 4.74 Å². The number of nitrogens with zero attached hydrogens (tertiary/aromatic N) is 1. The van der Waals surface area contributed by atoms with Gasteiger partial charge in [0.2, 0.25) is 5.91 Å². The number of rotatable bonds is 12. The van der Waals surface area contributed by atoms with Gasteiger partial charge in [-0.15, -0.1) is 0 Å². The van der Waals surface area contributed by atoms with Gasteiger partial charge in [-0.05, 0) is 41.7 Å². The summed E-state index contributed by atoms with van der Waals surface area (Å²) in [6.45, 7) is 2.64. The van der Waals surface area contributed by atoms with Crippen LogP contribution >= 0.6 is 11.8 Å². The third kappa shape index (κ3) is 7.06. The molecule has 34 heavy (non-hydrogen) atoms. The van der Waals surface area contributed by atoms with Gasteiger partial charge >= 0.3 is 0 Å². The molecule has 0 aliphatic rings. The van der Waals surface area contributed by atoms with Crippen molar-refractivity contribution in [2.45, 2.75) is 25.0 Å². The summed E-state index contributed by atoms with van der Waals surface area (Å²) in [5, 5.41) is -0.599. The van der Waals surface area contributed by atoms with E-state index in [1.54, 1.807) is 19.2 Å². The summed E-state index contributed by atoms with van der Waals surface area (Å²) in [5.74, 6) is 0.373. The molecule has 0 radical (unpaired) electrons. The maximum Gasteiger partial charge on any atom is 0.236 e. The summed E-state index contributed by atoms with van der Waals surface area (Å²) in [6, 6.07) is 24.8. The molecule has 0 aliphatic carbocycles. The monoisotopic (exact) mass is 475 g/mol. The van der Waals surface area contributed by atoms with E-state index in [-0.39, 0.29) is 18.2 Å². The van der Waals surface area contributed by atoms with E-state index in [1.807, 2.05) is 73.7 Å². The van der Waals surface area contributed by atoms with E-state index in [4.69, 9.17) is 4.74 Å². The molecule has 5 nitrogen and oxygen atoms in total. The van der Waals surface area contributed by atoms with Crippen LogP contribution in [0.4, 0.5) is 0 Å². The number of carbonyl (C=O) groups excluding carboxylic acids is 3. The lowest BCUT2D eigenvalue weighted by Gasteiger charge is -2.22. The SMILES string of the molecule is CCCOc1ccc(CC(SC=O)C(=O)N(C)CC(=O)c2ccc(-c3ccccc3)cc2)cc1. The first-order valence-electron chi connectivity index (χ1n) is 11.3. The van der Waals surface area contributed by atoms with Gasteiger partial charge in [0.25, 0.3) is 0 Å². The number of hydrogen-bond acceptors (Lipinski definition) is 5. The van der Waals surface area contributed by atoms with Gasteiger partial charge in [-0.3, -0.25) is 14.4 Å². The molecule has 0 aromatic heterocycles. The van der Waals surface area contributed by atoms with Crippen molar-refractivity contribution in [1.29, 1.82) is 0 Å². The van der Waals surface area contributed by atoms with Gasteiger partial charge in [0, 0.05) is 12.6 Å². The summed E-state index contributed by atoms with van der Waals surface area (Å²) in [7, 11) is 1.60. The van der Waals surface area contributed by atoms with Crippen molar-refractivity contribution in [2.24, 2.45) is 0 Å². The Labute approximate surface area is 205 Å². The van der Waals surface area contributed by atoms with Gasteiger partial charge < -0.3 is 9.64 Å². The highest BCUT2D eigenvalue weighted by Gasteiger charge is 2.25. The first kappa shape index (κ1) is 25.2. The van der Waals surface area contributed by atoms with Gasteiger partial charge in [-0.1, -0.05) is 85.4 Å². The van der Waals surface area contributed by atoms with Gasteiger partial charge in [-0.25, -0.2) is 0 Å². The number of amides is 1. The van der Waals surface area contributed by atoms with Crippen LogP contribution in [0, 0.1) is 0 Å². The molecule has 0 saturated carbocycles. The Morgan fingerprint density at radius 1 is 0.941 bits per heavy atom. The van der Waals surface area contributed by atoms with Gasteiger partial charge in [-0.2, -0.15) is 0 Å². The number of carbonyl (C=O) groups is 3. The second-order valence-corrected chi connectivity index (χ2v) is 9.01. The van der Waals surface area contributed by atoms with Crippen molar-refractivity contribution in [3.05, 3.63) is 90.0 Å². The minimum atomic E-state index is -0.599. The molecule has 0 heterocycles. The highest BCUT2D eigenvalue weighted by molar-refractivity contribution is 8.13. The molecule has 0 saturated heterocycles. The Balaban J connectivity index is 1.61. The summed E-state index contributed by atoms with van der Waals surface area (Å²) < 4.78 is 5.59. The fourth-order valence-electron chi connectivity index (χ4n) is 3.53. The maximum absolute atomic E-state index is 13.0. The van der Waals surface area contributed by atoms with E-state index in [9.17, 15) is 14.4 Å². The van der Waals surface area contributed by atoms with E-state index in [0.29, 0.717) is 24.2 Å². The molecule has 0 aliphatic heterocycles. The average Bonchev–Trinajstić information content (AvgIpc) is 2.88. The van der Waals surface area contributed by atoms with Crippen molar-refractivity contribution >= 4 is 29.1 Å². The second kappa shape index (κ2) is 12.8. The normalized spacial score (nSPS) is 11.5. The first-order valence-corrected chi connectivity index (χ1v) is 12.2. The van der Waals surface area contributed by atoms with E-state index < -0.39 is 5.25 Å². The lowest BCUT2D eigenvalue weighted by Crippen LogP contribution is -2.39. The number of ether oxygens (including phenoxy) is 1. The third-order valence-electron chi connectivity index (χ3n) is 5.38. The summed E-state index contributed by atoms with van der Waals surface area (Å²) in [5.41, 5.74) is 4.25. The number of likely N-dealkylation sites (N-methyl/N-ethyl adjacent to an activating group) is 1. The molecule has 3 aromatic rings. The van der Waals surface area contributed by atoms with Crippen LogP contribution in [0.2, 0.25) is 0 Å². The molecule has 1 amide bonds. The van der Waals surface area contributed by atoms with Crippen molar-refractivity contribution in [3.63, 3.8) is 0 Å². The molecular formula is C28H29NO4S. The molecule has 1 atom stereocenters. The molecule has 1 unspecified atom stereocenters. The van der Waals surface area contributed by atoms with Crippen molar-refractivity contribution < 1.29 is 19.1 Å². The van der Waals surface area contributed by atoms with E-state index in [1.165, 1.54) is 4.90 Å². The molecule has 3 rings (SSSR count). The zero-order chi connectivity index (χ0) is 24.3. The lowest BCUT2D eigenvalue weighted by atomic mass is 10.0. The zero-order valence-corrected chi connectivity index (χ0v) is 20.3. The predicted molar refractivity (Wildman–Crippen MR) is 138 cm³/mol. The first-order chi connectivity index (χ1) is 16.5. The van der Waals surface area contributed by atoms with E-state index in [0.717, 1.165) is 40.6 Å². The average molecular weight is 476 g/mol. The Kier molecular flexibility index (Phi) is 9.47. The molecule has 0 fully saturated rings. The zero-order valence-electron chi connectivity index (χ0n) is 19.5. The summed E-state index contributed by atoms with van der Waals surface area (Å²) in [4.78, 5) is 38.4. The Bertz CT molecular complexity index is 1080. The molecule has 0 bridgehead atoms. The number of hydrogen-bond donors (Lipinski definition) is 0. The fourth-order valence-corrected chi connectivity index (χ4v) is 4.25. The van der Waals surface area contributed by atoms with Crippen molar-refractivity contribution in [2.75, 3.05) is 20.2 Å². The standard InChI is InChI=1S/C28H29NO4S/c1-3-17-33-25-15-9-21(10-16-25)18-27(34-20-30)28(32)29(2)19-26(31)24-13-11-23(12-14-24)22-7-5-4-6-8-22/h4-16,20,27H,3,17-19H2,1-2H3. The second-order valence-electron chi connectivity index (χ2n) is 7.98. The molecule has 6 heteroatoms. The molecule has 0 N–H and O–H groups in total. The number of benzene rings is 3. The molecular weight excluding hydrogens is 446 g/mol. The predicted octanol–water partition coefficient (Wildman–Crippen LogP) is 5.32. The van der Waals surface area contributed by atoms with Crippen LogP contribution in [-0.4, -0.2) is 47.7 Å². The molecule has 0 spiro atoms. The van der Waals surface area contributed by atoms with Crippen molar-refractivity contribution in [1.82, 2.24) is 4.90 Å². The smallest absolute Gasteiger partial charge is 0.236 e. The topological polar surface area (TPSA) is 63.7 Å².